The van der Waals surface area contributed by atoms with Crippen LogP contribution in [0.15, 0.2) is 15.7 Å². The first kappa shape index (κ1) is 13.5. The van der Waals surface area contributed by atoms with Crippen LogP contribution in [0.2, 0.25) is 0 Å². The van der Waals surface area contributed by atoms with Gasteiger partial charge >= 0.3 is 5.97 Å². The summed E-state index contributed by atoms with van der Waals surface area (Å²) < 4.78 is 26.3. The lowest BCUT2D eigenvalue weighted by molar-refractivity contribution is 0.0697. The molecule has 1 aromatic heterocycles. The molecule has 0 amide bonds. The van der Waals surface area contributed by atoms with E-state index in [0.29, 0.717) is 12.5 Å². The number of hydrogen-bond donors (Lipinski definition) is 2. The molecule has 100 valence electrons. The maximum absolute atomic E-state index is 11.9. The largest absolute Gasteiger partial charge is 0.478 e. The van der Waals surface area contributed by atoms with Gasteiger partial charge in [0.15, 0.2) is 0 Å². The van der Waals surface area contributed by atoms with Gasteiger partial charge < -0.3 is 5.11 Å². The molecule has 0 aromatic carbocycles. The highest BCUT2D eigenvalue weighted by molar-refractivity contribution is 7.91. The minimum absolute atomic E-state index is 0.0133. The maximum atomic E-state index is 11.9. The second-order valence-corrected chi connectivity index (χ2v) is 7.35. The molecule has 2 N–H and O–H groups in total. The Balaban J connectivity index is 1.93. The second kappa shape index (κ2) is 5.38. The first-order valence-electron chi connectivity index (χ1n) is 5.80. The van der Waals surface area contributed by atoms with E-state index in [-0.39, 0.29) is 9.77 Å². The Hall–Kier alpha value is -0.920. The Morgan fingerprint density at radius 3 is 2.72 bits per heavy atom. The van der Waals surface area contributed by atoms with Crippen molar-refractivity contribution in [2.24, 2.45) is 5.92 Å². The molecule has 0 atom stereocenters. The zero-order valence-electron chi connectivity index (χ0n) is 9.76. The third-order valence-corrected chi connectivity index (χ3v) is 6.06. The number of carboxylic acid groups (broad SMARTS) is 1. The minimum atomic E-state index is -3.55. The molecular formula is C11H15NO4S2. The third kappa shape index (κ3) is 3.09. The van der Waals surface area contributed by atoms with Crippen LogP contribution in [0.25, 0.3) is 0 Å². The Morgan fingerprint density at radius 1 is 1.50 bits per heavy atom. The van der Waals surface area contributed by atoms with Crippen molar-refractivity contribution in [3.8, 4) is 0 Å². The van der Waals surface area contributed by atoms with Gasteiger partial charge in [-0.25, -0.2) is 17.9 Å². The predicted octanol–water partition coefficient (Wildman–Crippen LogP) is 1.91. The number of carbonyl (C=O) groups is 1. The van der Waals surface area contributed by atoms with Crippen LogP contribution >= 0.6 is 11.3 Å². The van der Waals surface area contributed by atoms with Crippen molar-refractivity contribution in [2.45, 2.75) is 29.9 Å². The number of nitrogens with one attached hydrogen (secondary N) is 1. The van der Waals surface area contributed by atoms with E-state index in [2.05, 4.69) is 4.72 Å². The van der Waals surface area contributed by atoms with Crippen LogP contribution < -0.4 is 4.72 Å². The number of sulfonamides is 1. The fourth-order valence-electron chi connectivity index (χ4n) is 1.82. The molecule has 5 nitrogen and oxygen atoms in total. The van der Waals surface area contributed by atoms with E-state index in [0.717, 1.165) is 17.8 Å². The standard InChI is InChI=1S/C11H15NO4S2/c13-11(14)9-6-10(17-7-9)18(15,16)12-5-4-8-2-1-3-8/h6-8,12H,1-5H2,(H,13,14). The number of rotatable bonds is 6. The van der Waals surface area contributed by atoms with Gasteiger partial charge in [-0.3, -0.25) is 0 Å². The van der Waals surface area contributed by atoms with E-state index in [1.54, 1.807) is 0 Å². The molecule has 1 aliphatic rings. The summed E-state index contributed by atoms with van der Waals surface area (Å²) in [5, 5.41) is 10.1. The molecule has 1 heterocycles. The molecule has 0 unspecified atom stereocenters. The fraction of sp³-hybridized carbons (Fsp3) is 0.545. The highest BCUT2D eigenvalue weighted by Gasteiger charge is 2.21. The van der Waals surface area contributed by atoms with Crippen LogP contribution in [0.5, 0.6) is 0 Å². The van der Waals surface area contributed by atoms with E-state index in [9.17, 15) is 13.2 Å². The monoisotopic (exact) mass is 289 g/mol. The summed E-state index contributed by atoms with van der Waals surface area (Å²) in [6.07, 6.45) is 4.47. The summed E-state index contributed by atoms with van der Waals surface area (Å²) in [6, 6.07) is 1.19. The van der Waals surface area contributed by atoms with Crippen LogP contribution in [0.1, 0.15) is 36.0 Å². The van der Waals surface area contributed by atoms with Gasteiger partial charge in [0.2, 0.25) is 10.0 Å². The van der Waals surface area contributed by atoms with Gasteiger partial charge in [0.25, 0.3) is 0 Å². The summed E-state index contributed by atoms with van der Waals surface area (Å²) in [5.41, 5.74) is 0.0133. The van der Waals surface area contributed by atoms with Gasteiger partial charge in [0.1, 0.15) is 4.21 Å². The van der Waals surface area contributed by atoms with Crippen molar-refractivity contribution in [3.05, 3.63) is 17.0 Å². The van der Waals surface area contributed by atoms with E-state index >= 15 is 0 Å². The minimum Gasteiger partial charge on any atom is -0.478 e. The normalized spacial score (nSPS) is 16.4. The second-order valence-electron chi connectivity index (χ2n) is 4.44. The molecule has 1 saturated carbocycles. The van der Waals surface area contributed by atoms with Crippen LogP contribution in [-0.2, 0) is 10.0 Å². The van der Waals surface area contributed by atoms with Crippen LogP contribution in [-0.4, -0.2) is 26.0 Å². The van der Waals surface area contributed by atoms with Gasteiger partial charge in [0, 0.05) is 11.9 Å². The lowest BCUT2D eigenvalue weighted by atomic mass is 9.83. The number of hydrogen-bond acceptors (Lipinski definition) is 4. The molecule has 0 aliphatic heterocycles. The average Bonchev–Trinajstić information content (AvgIpc) is 2.71. The maximum Gasteiger partial charge on any atom is 0.336 e. The first-order chi connectivity index (χ1) is 8.49. The highest BCUT2D eigenvalue weighted by atomic mass is 32.2. The Labute approximate surface area is 110 Å². The van der Waals surface area contributed by atoms with Crippen molar-refractivity contribution in [3.63, 3.8) is 0 Å². The fourth-order valence-corrected chi connectivity index (χ4v) is 4.07. The third-order valence-electron chi connectivity index (χ3n) is 3.16. The quantitative estimate of drug-likeness (QED) is 0.838. The molecule has 7 heteroatoms. The van der Waals surface area contributed by atoms with Gasteiger partial charge in [0.05, 0.1) is 5.56 Å². The summed E-state index contributed by atoms with van der Waals surface area (Å²) in [5.74, 6) is -0.465. The smallest absolute Gasteiger partial charge is 0.336 e. The molecule has 18 heavy (non-hydrogen) atoms. The lowest BCUT2D eigenvalue weighted by Crippen LogP contribution is -2.27. The van der Waals surface area contributed by atoms with Crippen molar-refractivity contribution in [2.75, 3.05) is 6.54 Å². The topological polar surface area (TPSA) is 83.5 Å². The molecular weight excluding hydrogens is 274 g/mol. The lowest BCUT2D eigenvalue weighted by Gasteiger charge is -2.24. The van der Waals surface area contributed by atoms with Crippen LogP contribution in [0.3, 0.4) is 0 Å². The average molecular weight is 289 g/mol. The van der Waals surface area contributed by atoms with Crippen LogP contribution in [0.4, 0.5) is 0 Å². The molecule has 0 radical (unpaired) electrons. The molecule has 2 rings (SSSR count). The summed E-state index contributed by atoms with van der Waals surface area (Å²) in [7, 11) is -3.55. The first-order valence-corrected chi connectivity index (χ1v) is 8.17. The van der Waals surface area contributed by atoms with E-state index in [1.165, 1.54) is 30.7 Å². The van der Waals surface area contributed by atoms with Gasteiger partial charge in [-0.2, -0.15) is 0 Å². The van der Waals surface area contributed by atoms with Crippen LogP contribution in [0, 0.1) is 5.92 Å². The van der Waals surface area contributed by atoms with Crippen molar-refractivity contribution >= 4 is 27.3 Å². The number of thiophene rings is 1. The number of carboxylic acids is 1. The zero-order valence-corrected chi connectivity index (χ0v) is 11.4. The van der Waals surface area contributed by atoms with Gasteiger partial charge in [-0.15, -0.1) is 11.3 Å². The molecule has 1 aromatic rings. The Morgan fingerprint density at radius 2 is 2.22 bits per heavy atom. The summed E-state index contributed by atoms with van der Waals surface area (Å²) in [4.78, 5) is 10.7. The number of aromatic carboxylic acids is 1. The van der Waals surface area contributed by atoms with E-state index in [1.807, 2.05) is 0 Å². The summed E-state index contributed by atoms with van der Waals surface area (Å²) >= 11 is 0.932. The Kier molecular flexibility index (Phi) is 4.04. The highest BCUT2D eigenvalue weighted by Crippen LogP contribution is 2.29. The molecule has 0 spiro atoms. The summed E-state index contributed by atoms with van der Waals surface area (Å²) in [6.45, 7) is 0.424. The van der Waals surface area contributed by atoms with E-state index in [4.69, 9.17) is 5.11 Å². The van der Waals surface area contributed by atoms with Crippen molar-refractivity contribution in [1.82, 2.24) is 4.72 Å². The predicted molar refractivity (Wildman–Crippen MR) is 68.4 cm³/mol. The van der Waals surface area contributed by atoms with Crippen molar-refractivity contribution < 1.29 is 18.3 Å². The molecule has 1 fully saturated rings. The zero-order chi connectivity index (χ0) is 13.2. The molecule has 1 aliphatic carbocycles. The van der Waals surface area contributed by atoms with E-state index < -0.39 is 16.0 Å². The van der Waals surface area contributed by atoms with Crippen molar-refractivity contribution in [1.29, 1.82) is 0 Å². The van der Waals surface area contributed by atoms with Gasteiger partial charge in [-0.1, -0.05) is 19.3 Å². The van der Waals surface area contributed by atoms with Gasteiger partial charge in [-0.05, 0) is 18.4 Å². The Bertz CT molecular complexity index is 531. The molecule has 0 saturated heterocycles. The SMILES string of the molecule is O=C(O)c1csc(S(=O)(=O)NCCC2CCC2)c1. The molecule has 0 bridgehead atoms.